The Morgan fingerprint density at radius 2 is 2.16 bits per heavy atom. The number of aliphatic hydroxyl groups excluding tert-OH is 1. The van der Waals surface area contributed by atoms with Crippen molar-refractivity contribution in [3.8, 4) is 12.3 Å². The summed E-state index contributed by atoms with van der Waals surface area (Å²) in [6.07, 6.45) is 6.40. The number of fused-ring (bicyclic) bond motifs is 3. The summed E-state index contributed by atoms with van der Waals surface area (Å²) in [5, 5.41) is 24.8. The van der Waals surface area contributed by atoms with E-state index in [1.54, 1.807) is 6.92 Å². The van der Waals surface area contributed by atoms with Crippen molar-refractivity contribution >= 4 is 17.9 Å². The predicted molar refractivity (Wildman–Crippen MR) is 87.0 cm³/mol. The zero-order valence-electron chi connectivity index (χ0n) is 13.9. The Morgan fingerprint density at radius 3 is 2.76 bits per heavy atom. The van der Waals surface area contributed by atoms with Crippen molar-refractivity contribution in [1.29, 1.82) is 0 Å². The number of carboxylic acids is 1. The molecular formula is C17H21N3O5. The second-order valence-corrected chi connectivity index (χ2v) is 6.70. The smallest absolute Gasteiger partial charge is 0.352 e. The van der Waals surface area contributed by atoms with Crippen LogP contribution in [-0.4, -0.2) is 57.8 Å². The van der Waals surface area contributed by atoms with Gasteiger partial charge in [0, 0.05) is 5.92 Å². The molecule has 0 aromatic carbocycles. The molecule has 2 fully saturated rings. The van der Waals surface area contributed by atoms with E-state index in [9.17, 15) is 24.6 Å². The van der Waals surface area contributed by atoms with E-state index < -0.39 is 30.1 Å². The Labute approximate surface area is 145 Å². The summed E-state index contributed by atoms with van der Waals surface area (Å²) in [7, 11) is 0. The lowest BCUT2D eigenvalue weighted by atomic mass is 9.71. The third-order valence-electron chi connectivity index (χ3n) is 5.28. The largest absolute Gasteiger partial charge is 0.477 e. The lowest BCUT2D eigenvalue weighted by Gasteiger charge is -2.47. The Balaban J connectivity index is 1.91. The topological polar surface area (TPSA) is 119 Å². The molecule has 1 saturated heterocycles. The number of hydrogen-bond acceptors (Lipinski definition) is 4. The summed E-state index contributed by atoms with van der Waals surface area (Å²) < 4.78 is 0. The summed E-state index contributed by atoms with van der Waals surface area (Å²) in [6, 6.07) is -1.27. The molecule has 0 spiro atoms. The molecular weight excluding hydrogens is 326 g/mol. The maximum absolute atomic E-state index is 12.4. The van der Waals surface area contributed by atoms with Gasteiger partial charge in [-0.3, -0.25) is 4.79 Å². The van der Waals surface area contributed by atoms with E-state index in [0.29, 0.717) is 12.0 Å². The molecule has 2 aliphatic heterocycles. The van der Waals surface area contributed by atoms with Crippen molar-refractivity contribution in [1.82, 2.24) is 15.5 Å². The Kier molecular flexibility index (Phi) is 4.43. The number of nitrogens with zero attached hydrogens (tertiary/aromatic N) is 1. The van der Waals surface area contributed by atoms with Crippen molar-refractivity contribution in [3.63, 3.8) is 0 Å². The molecule has 1 aliphatic carbocycles. The highest BCUT2D eigenvalue weighted by atomic mass is 16.4. The van der Waals surface area contributed by atoms with Crippen molar-refractivity contribution in [2.24, 2.45) is 11.8 Å². The number of urea groups is 1. The van der Waals surface area contributed by atoms with E-state index in [1.807, 2.05) is 0 Å². The molecule has 0 radical (unpaired) electrons. The van der Waals surface area contributed by atoms with Gasteiger partial charge in [-0.15, -0.1) is 6.42 Å². The fourth-order valence-electron chi connectivity index (χ4n) is 4.38. The zero-order valence-corrected chi connectivity index (χ0v) is 13.9. The van der Waals surface area contributed by atoms with Gasteiger partial charge in [0.05, 0.1) is 30.7 Å². The normalized spacial score (nSPS) is 31.4. The number of carboxylic acid groups (broad SMARTS) is 1. The number of nitrogens with one attached hydrogen (secondary N) is 2. The van der Waals surface area contributed by atoms with Crippen LogP contribution in [0.2, 0.25) is 0 Å². The highest BCUT2D eigenvalue weighted by molar-refractivity contribution is 6.00. The molecule has 3 rings (SSSR count). The first-order valence-corrected chi connectivity index (χ1v) is 8.34. The molecule has 2 heterocycles. The van der Waals surface area contributed by atoms with E-state index in [1.165, 1.54) is 4.90 Å². The summed E-state index contributed by atoms with van der Waals surface area (Å²) in [4.78, 5) is 37.4. The Morgan fingerprint density at radius 1 is 1.44 bits per heavy atom. The van der Waals surface area contributed by atoms with Gasteiger partial charge in [-0.2, -0.15) is 0 Å². The van der Waals surface area contributed by atoms with E-state index in [-0.39, 0.29) is 30.1 Å². The first-order chi connectivity index (χ1) is 11.9. The van der Waals surface area contributed by atoms with Crippen molar-refractivity contribution < 1.29 is 24.6 Å². The fourth-order valence-corrected chi connectivity index (χ4v) is 4.38. The van der Waals surface area contributed by atoms with Crippen LogP contribution in [0.4, 0.5) is 4.79 Å². The highest BCUT2D eigenvalue weighted by Crippen LogP contribution is 2.52. The predicted octanol–water partition coefficient (Wildman–Crippen LogP) is -0.352. The molecule has 3 amide bonds. The van der Waals surface area contributed by atoms with E-state index in [0.717, 1.165) is 12.8 Å². The fraction of sp³-hybridized carbons (Fsp3) is 0.588. The molecule has 8 heteroatoms. The molecule has 0 aromatic rings. The lowest BCUT2D eigenvalue weighted by Crippen LogP contribution is -2.64. The number of amides is 3. The second-order valence-electron chi connectivity index (χ2n) is 6.70. The van der Waals surface area contributed by atoms with Crippen LogP contribution >= 0.6 is 0 Å². The summed E-state index contributed by atoms with van der Waals surface area (Å²) in [5.41, 5.74) is 0.537. The summed E-state index contributed by atoms with van der Waals surface area (Å²) in [6.45, 7) is 1.62. The quantitative estimate of drug-likeness (QED) is 0.409. The second kappa shape index (κ2) is 6.41. The number of aliphatic hydroxyl groups is 1. The average Bonchev–Trinajstić information content (AvgIpc) is 2.84. The van der Waals surface area contributed by atoms with E-state index in [4.69, 9.17) is 6.42 Å². The third-order valence-corrected chi connectivity index (χ3v) is 5.28. The molecule has 25 heavy (non-hydrogen) atoms. The molecule has 1 unspecified atom stereocenters. The minimum Gasteiger partial charge on any atom is -0.477 e. The molecule has 0 aromatic heterocycles. The van der Waals surface area contributed by atoms with Crippen molar-refractivity contribution in [3.05, 3.63) is 11.3 Å². The number of carbonyl (C=O) groups excluding carboxylic acids is 2. The number of β-lactam (4-membered cyclic amide) rings is 1. The van der Waals surface area contributed by atoms with Gasteiger partial charge in [0.25, 0.3) is 0 Å². The number of hydrogen-bond donors (Lipinski definition) is 4. The van der Waals surface area contributed by atoms with Crippen LogP contribution in [0.25, 0.3) is 0 Å². The highest BCUT2D eigenvalue weighted by Gasteiger charge is 2.62. The lowest BCUT2D eigenvalue weighted by molar-refractivity contribution is -0.163. The first kappa shape index (κ1) is 17.3. The van der Waals surface area contributed by atoms with Crippen molar-refractivity contribution in [2.45, 2.75) is 44.4 Å². The number of terminal acetylenes is 1. The molecule has 134 valence electrons. The number of carbonyl (C=O) groups is 3. The molecule has 4 N–H and O–H groups in total. The van der Waals surface area contributed by atoms with Gasteiger partial charge in [-0.05, 0) is 25.3 Å². The van der Waals surface area contributed by atoms with Crippen LogP contribution in [0.5, 0.6) is 0 Å². The van der Waals surface area contributed by atoms with Crippen LogP contribution < -0.4 is 10.6 Å². The van der Waals surface area contributed by atoms with E-state index >= 15 is 0 Å². The van der Waals surface area contributed by atoms with Gasteiger partial charge < -0.3 is 25.7 Å². The summed E-state index contributed by atoms with van der Waals surface area (Å²) >= 11 is 0. The van der Waals surface area contributed by atoms with Crippen LogP contribution in [0.1, 0.15) is 26.2 Å². The van der Waals surface area contributed by atoms with Crippen LogP contribution in [0, 0.1) is 24.2 Å². The minimum absolute atomic E-state index is 0.0427. The van der Waals surface area contributed by atoms with Gasteiger partial charge >= 0.3 is 12.0 Å². The Hall–Kier alpha value is -2.53. The minimum atomic E-state index is -1.18. The first-order valence-electron chi connectivity index (χ1n) is 8.34. The molecule has 5 atom stereocenters. The van der Waals surface area contributed by atoms with E-state index in [2.05, 4.69) is 16.6 Å². The molecule has 0 bridgehead atoms. The van der Waals surface area contributed by atoms with Crippen LogP contribution in [-0.2, 0) is 9.59 Å². The zero-order chi connectivity index (χ0) is 18.3. The number of rotatable bonds is 4. The van der Waals surface area contributed by atoms with Gasteiger partial charge in [0.1, 0.15) is 5.70 Å². The molecule has 8 nitrogen and oxygen atoms in total. The average molecular weight is 347 g/mol. The monoisotopic (exact) mass is 347 g/mol. The SMILES string of the molecule is C#CCNC(=O)N[C@H]1CCC[C@H]2C1=C(C(=O)O)N1C(=O)[C@H](C(C)O)[C@@H]21. The van der Waals surface area contributed by atoms with Crippen LogP contribution in [0.15, 0.2) is 11.3 Å². The van der Waals surface area contributed by atoms with Crippen LogP contribution in [0.3, 0.4) is 0 Å². The maximum Gasteiger partial charge on any atom is 0.352 e. The standard InChI is InChI=1S/C17H21N3O5/c1-3-7-18-17(25)19-10-6-4-5-9-12(10)14(16(23)24)20-13(9)11(8(2)21)15(20)22/h1,8-11,13,21H,4-7H2,2H3,(H,23,24)(H2,18,19,25)/t8?,9-,10-,11+,13+/m0/s1. The molecule has 1 saturated carbocycles. The van der Waals surface area contributed by atoms with Gasteiger partial charge in [-0.25, -0.2) is 9.59 Å². The van der Waals surface area contributed by atoms with Gasteiger partial charge in [0.15, 0.2) is 0 Å². The van der Waals surface area contributed by atoms with Gasteiger partial charge in [0.2, 0.25) is 5.91 Å². The maximum atomic E-state index is 12.4. The Bertz CT molecular complexity index is 693. The van der Waals surface area contributed by atoms with Crippen molar-refractivity contribution in [2.75, 3.05) is 6.54 Å². The summed E-state index contributed by atoms with van der Waals surface area (Å²) in [5.74, 6) is 0.000840. The van der Waals surface area contributed by atoms with Gasteiger partial charge in [-0.1, -0.05) is 12.3 Å². The number of aliphatic carboxylic acids is 1. The molecule has 3 aliphatic rings. The third kappa shape index (κ3) is 2.65.